The Morgan fingerprint density at radius 1 is 1.56 bits per heavy atom. The summed E-state index contributed by atoms with van der Waals surface area (Å²) < 4.78 is 5.26. The maximum Gasteiger partial charge on any atom is 0.399 e. The lowest BCUT2D eigenvalue weighted by molar-refractivity contribution is -0.152. The largest absolute Gasteiger partial charge is 0.430 e. The Bertz CT molecular complexity index is 565. The van der Waals surface area contributed by atoms with Crippen molar-refractivity contribution >= 4 is 40.9 Å². The number of pyridine rings is 1. The smallest absolute Gasteiger partial charge is 0.399 e. The molecule has 0 N–H and O–H groups in total. The fourth-order valence-corrected chi connectivity index (χ4v) is 3.58. The van der Waals surface area contributed by atoms with Gasteiger partial charge in [-0.2, -0.15) is 0 Å². The molecule has 0 unspecified atom stereocenters. The van der Waals surface area contributed by atoms with Gasteiger partial charge >= 0.3 is 11.9 Å². The van der Waals surface area contributed by atoms with Crippen LogP contribution in [0.15, 0.2) is 17.2 Å². The van der Waals surface area contributed by atoms with Crippen LogP contribution in [-0.4, -0.2) is 28.3 Å². The van der Waals surface area contributed by atoms with Crippen LogP contribution in [0.5, 0.6) is 0 Å². The maximum atomic E-state index is 11.9. The molecule has 3 rings (SSSR count). The normalized spacial score (nSPS) is 25.8. The number of halogens is 1. The van der Waals surface area contributed by atoms with Crippen LogP contribution in [0.4, 0.5) is 5.69 Å². The third-order valence-corrected chi connectivity index (χ3v) is 4.48. The molecule has 3 heterocycles. The van der Waals surface area contributed by atoms with Crippen molar-refractivity contribution in [1.82, 2.24) is 4.98 Å². The lowest BCUT2D eigenvalue weighted by Crippen LogP contribution is -2.50. The van der Waals surface area contributed by atoms with Crippen molar-refractivity contribution in [2.45, 2.75) is 24.1 Å². The SMILES string of the molecule is CC[C@@]12CSc3nc(Cl)ccc3N1C(=O)C(=O)O2. The second kappa shape index (κ2) is 3.86. The molecule has 5 nitrogen and oxygen atoms in total. The standard InChI is InChI=1S/C11H9ClN2O3S/c1-2-11-5-18-8-6(3-4-7(12)13-8)14(11)9(15)10(16)17-11/h3-4H,2,5H2,1H3/t11-/m1/s1. The first-order valence-corrected chi connectivity index (χ1v) is 6.80. The number of fused-ring (bicyclic) bond motifs is 3. The van der Waals surface area contributed by atoms with Crippen LogP contribution in [0.1, 0.15) is 13.3 Å². The minimum Gasteiger partial charge on any atom is -0.430 e. The molecule has 18 heavy (non-hydrogen) atoms. The average molecular weight is 285 g/mol. The number of hydrogen-bond acceptors (Lipinski definition) is 5. The van der Waals surface area contributed by atoms with Gasteiger partial charge in [0.25, 0.3) is 0 Å². The molecule has 7 heteroatoms. The lowest BCUT2D eigenvalue weighted by Gasteiger charge is -2.38. The number of nitrogens with zero attached hydrogens (tertiary/aromatic N) is 2. The first-order valence-electron chi connectivity index (χ1n) is 5.44. The van der Waals surface area contributed by atoms with Crippen molar-refractivity contribution in [3.8, 4) is 0 Å². The minimum atomic E-state index is -0.874. The summed E-state index contributed by atoms with van der Waals surface area (Å²) in [5.74, 6) is -0.968. The van der Waals surface area contributed by atoms with Crippen LogP contribution < -0.4 is 4.90 Å². The second-order valence-electron chi connectivity index (χ2n) is 4.08. The van der Waals surface area contributed by atoms with E-state index < -0.39 is 17.6 Å². The maximum absolute atomic E-state index is 11.9. The highest BCUT2D eigenvalue weighted by molar-refractivity contribution is 7.99. The van der Waals surface area contributed by atoms with Gasteiger partial charge in [-0.3, -0.25) is 9.69 Å². The van der Waals surface area contributed by atoms with E-state index in [2.05, 4.69) is 4.98 Å². The first kappa shape index (κ1) is 11.8. The summed E-state index contributed by atoms with van der Waals surface area (Å²) in [6, 6.07) is 3.30. The Labute approximate surface area is 112 Å². The number of carbonyl (C=O) groups excluding carboxylic acids is 2. The number of carbonyl (C=O) groups is 2. The van der Waals surface area contributed by atoms with Gasteiger partial charge in [-0.15, -0.1) is 0 Å². The molecule has 0 saturated carbocycles. The molecule has 0 aromatic carbocycles. The van der Waals surface area contributed by atoms with Gasteiger partial charge in [-0.1, -0.05) is 30.3 Å². The predicted octanol–water partition coefficient (Wildman–Crippen LogP) is 1.84. The van der Waals surface area contributed by atoms with Crippen LogP contribution in [-0.2, 0) is 14.3 Å². The molecule has 94 valence electrons. The third-order valence-electron chi connectivity index (χ3n) is 3.10. The number of amides is 1. The Hall–Kier alpha value is -1.27. The fraction of sp³-hybridized carbons (Fsp3) is 0.364. The van der Waals surface area contributed by atoms with Crippen molar-refractivity contribution in [3.05, 3.63) is 17.3 Å². The number of thioether (sulfide) groups is 1. The Kier molecular flexibility index (Phi) is 2.53. The zero-order chi connectivity index (χ0) is 12.9. The van der Waals surface area contributed by atoms with Gasteiger partial charge in [0.2, 0.25) is 5.72 Å². The molecule has 1 amide bonds. The lowest BCUT2D eigenvalue weighted by atomic mass is 10.1. The van der Waals surface area contributed by atoms with E-state index in [1.165, 1.54) is 16.7 Å². The molecule has 0 spiro atoms. The van der Waals surface area contributed by atoms with Gasteiger partial charge in [-0.05, 0) is 12.1 Å². The highest BCUT2D eigenvalue weighted by atomic mass is 35.5. The van der Waals surface area contributed by atoms with E-state index in [-0.39, 0.29) is 0 Å². The Morgan fingerprint density at radius 3 is 3.06 bits per heavy atom. The zero-order valence-corrected chi connectivity index (χ0v) is 11.0. The fourth-order valence-electron chi connectivity index (χ4n) is 2.16. The van der Waals surface area contributed by atoms with E-state index in [9.17, 15) is 9.59 Å². The summed E-state index contributed by atoms with van der Waals surface area (Å²) in [4.78, 5) is 29.0. The topological polar surface area (TPSA) is 59.5 Å². The molecule has 2 aliphatic rings. The van der Waals surface area contributed by atoms with Gasteiger partial charge in [0, 0.05) is 6.42 Å². The number of rotatable bonds is 1. The zero-order valence-electron chi connectivity index (χ0n) is 9.47. The van der Waals surface area contributed by atoms with Crippen molar-refractivity contribution in [3.63, 3.8) is 0 Å². The van der Waals surface area contributed by atoms with E-state index in [1.807, 2.05) is 6.92 Å². The van der Waals surface area contributed by atoms with Gasteiger partial charge in [-0.25, -0.2) is 9.78 Å². The number of hydrogen-bond donors (Lipinski definition) is 0. The predicted molar refractivity (Wildman–Crippen MR) is 66.6 cm³/mol. The first-order chi connectivity index (χ1) is 8.57. The highest BCUT2D eigenvalue weighted by Crippen LogP contribution is 2.46. The van der Waals surface area contributed by atoms with Crippen LogP contribution in [0.2, 0.25) is 5.15 Å². The number of ether oxygens (including phenoxy) is 1. The summed E-state index contributed by atoms with van der Waals surface area (Å²) in [5.41, 5.74) is -0.283. The number of esters is 1. The van der Waals surface area contributed by atoms with Crippen molar-refractivity contribution in [1.29, 1.82) is 0 Å². The van der Waals surface area contributed by atoms with Gasteiger partial charge in [0.15, 0.2) is 0 Å². The molecule has 1 saturated heterocycles. The summed E-state index contributed by atoms with van der Waals surface area (Å²) in [6.07, 6.45) is 0.541. The number of aromatic nitrogens is 1. The van der Waals surface area contributed by atoms with Gasteiger partial charge in [0.1, 0.15) is 10.2 Å². The quantitative estimate of drug-likeness (QED) is 0.447. The Balaban J connectivity index is 2.17. The van der Waals surface area contributed by atoms with Crippen LogP contribution in [0.3, 0.4) is 0 Å². The minimum absolute atomic E-state index is 0.365. The van der Waals surface area contributed by atoms with E-state index >= 15 is 0 Å². The molecule has 0 bridgehead atoms. The van der Waals surface area contributed by atoms with Gasteiger partial charge in [0.05, 0.1) is 11.4 Å². The average Bonchev–Trinajstić information content (AvgIpc) is 2.62. The van der Waals surface area contributed by atoms with Crippen LogP contribution in [0.25, 0.3) is 0 Å². The van der Waals surface area contributed by atoms with E-state index in [0.717, 1.165) is 0 Å². The highest BCUT2D eigenvalue weighted by Gasteiger charge is 2.55. The van der Waals surface area contributed by atoms with Crippen molar-refractivity contribution < 1.29 is 14.3 Å². The molecule has 0 aliphatic carbocycles. The summed E-state index contributed by atoms with van der Waals surface area (Å²) >= 11 is 7.27. The van der Waals surface area contributed by atoms with Crippen LogP contribution >= 0.6 is 23.4 Å². The van der Waals surface area contributed by atoms with E-state index in [0.29, 0.717) is 28.0 Å². The third kappa shape index (κ3) is 1.45. The molecule has 1 aromatic rings. The van der Waals surface area contributed by atoms with Crippen molar-refractivity contribution in [2.24, 2.45) is 0 Å². The van der Waals surface area contributed by atoms with E-state index in [1.54, 1.807) is 12.1 Å². The molecular formula is C11H9ClN2O3S. The molecule has 2 aliphatic heterocycles. The summed E-state index contributed by atoms with van der Waals surface area (Å²) in [6.45, 7) is 1.88. The second-order valence-corrected chi connectivity index (χ2v) is 5.43. The molecule has 1 atom stereocenters. The monoisotopic (exact) mass is 284 g/mol. The Morgan fingerprint density at radius 2 is 2.33 bits per heavy atom. The van der Waals surface area contributed by atoms with Crippen molar-refractivity contribution in [2.75, 3.05) is 10.7 Å². The van der Waals surface area contributed by atoms with Gasteiger partial charge < -0.3 is 4.74 Å². The molecular weight excluding hydrogens is 276 g/mol. The number of anilines is 1. The summed E-state index contributed by atoms with van der Waals surface area (Å²) in [5, 5.41) is 1.02. The summed E-state index contributed by atoms with van der Waals surface area (Å²) in [7, 11) is 0. The molecule has 1 aromatic heterocycles. The molecule has 1 fully saturated rings. The van der Waals surface area contributed by atoms with Crippen LogP contribution in [0, 0.1) is 0 Å². The van der Waals surface area contributed by atoms with E-state index in [4.69, 9.17) is 16.3 Å². The molecule has 0 radical (unpaired) electrons.